The maximum absolute atomic E-state index is 13.6. The predicted octanol–water partition coefficient (Wildman–Crippen LogP) is 3.88. The van der Waals surface area contributed by atoms with Crippen LogP contribution in [0.4, 0.5) is 13.2 Å². The van der Waals surface area contributed by atoms with Gasteiger partial charge in [-0.3, -0.25) is 4.79 Å². The van der Waals surface area contributed by atoms with Crippen LogP contribution in [0.2, 0.25) is 0 Å². The SMILES string of the molecule is CCOC(=O)C(Cc1ccccc1)N(C(=O)c1cc(F)c(F)c(F)c1)C1CC1. The first kappa shape index (κ1) is 19.9. The second kappa shape index (κ2) is 8.46. The Bertz CT molecular complexity index is 845. The number of hydrogen-bond donors (Lipinski definition) is 0. The highest BCUT2D eigenvalue weighted by molar-refractivity contribution is 5.97. The minimum atomic E-state index is -1.64. The molecule has 0 aliphatic heterocycles. The fourth-order valence-corrected chi connectivity index (χ4v) is 3.11. The lowest BCUT2D eigenvalue weighted by Crippen LogP contribution is -2.48. The number of hydrogen-bond acceptors (Lipinski definition) is 3. The maximum atomic E-state index is 13.6. The molecular formula is C21H20F3NO3. The molecule has 4 nitrogen and oxygen atoms in total. The Morgan fingerprint density at radius 3 is 2.25 bits per heavy atom. The largest absolute Gasteiger partial charge is 0.464 e. The highest BCUT2D eigenvalue weighted by Crippen LogP contribution is 2.32. The van der Waals surface area contributed by atoms with Gasteiger partial charge in [0.05, 0.1) is 6.61 Å². The average molecular weight is 391 g/mol. The Morgan fingerprint density at radius 2 is 1.71 bits per heavy atom. The van der Waals surface area contributed by atoms with Gasteiger partial charge in [-0.25, -0.2) is 18.0 Å². The van der Waals surface area contributed by atoms with Crippen molar-refractivity contribution in [2.24, 2.45) is 0 Å². The molecule has 1 atom stereocenters. The van der Waals surface area contributed by atoms with Crippen LogP contribution in [0.5, 0.6) is 0 Å². The van der Waals surface area contributed by atoms with Crippen LogP contribution in [-0.2, 0) is 16.0 Å². The van der Waals surface area contributed by atoms with Gasteiger partial charge in [-0.05, 0) is 37.5 Å². The van der Waals surface area contributed by atoms with Gasteiger partial charge in [0.1, 0.15) is 6.04 Å². The zero-order valence-electron chi connectivity index (χ0n) is 15.3. The first-order valence-corrected chi connectivity index (χ1v) is 9.10. The molecular weight excluding hydrogens is 371 g/mol. The van der Waals surface area contributed by atoms with Crippen molar-refractivity contribution >= 4 is 11.9 Å². The zero-order valence-corrected chi connectivity index (χ0v) is 15.3. The van der Waals surface area contributed by atoms with Gasteiger partial charge < -0.3 is 9.64 Å². The third-order valence-electron chi connectivity index (χ3n) is 4.57. The summed E-state index contributed by atoms with van der Waals surface area (Å²) < 4.78 is 45.7. The van der Waals surface area contributed by atoms with Gasteiger partial charge in [-0.15, -0.1) is 0 Å². The Hall–Kier alpha value is -2.83. The van der Waals surface area contributed by atoms with Crippen LogP contribution < -0.4 is 0 Å². The van der Waals surface area contributed by atoms with E-state index in [2.05, 4.69) is 0 Å². The van der Waals surface area contributed by atoms with E-state index >= 15 is 0 Å². The number of ether oxygens (including phenoxy) is 1. The van der Waals surface area contributed by atoms with Crippen LogP contribution in [0.15, 0.2) is 42.5 Å². The van der Waals surface area contributed by atoms with E-state index in [4.69, 9.17) is 4.74 Å². The van der Waals surface area contributed by atoms with E-state index < -0.39 is 35.4 Å². The van der Waals surface area contributed by atoms with E-state index in [0.29, 0.717) is 25.0 Å². The third-order valence-corrected chi connectivity index (χ3v) is 4.57. The highest BCUT2D eigenvalue weighted by Gasteiger charge is 2.42. The number of esters is 1. The molecule has 1 aliphatic carbocycles. The number of halogens is 3. The van der Waals surface area contributed by atoms with Gasteiger partial charge in [0.2, 0.25) is 0 Å². The lowest BCUT2D eigenvalue weighted by Gasteiger charge is -2.30. The van der Waals surface area contributed by atoms with Crippen molar-refractivity contribution < 1.29 is 27.5 Å². The van der Waals surface area contributed by atoms with Crippen molar-refractivity contribution in [1.82, 2.24) is 4.90 Å². The van der Waals surface area contributed by atoms with Gasteiger partial charge in [-0.1, -0.05) is 30.3 Å². The number of carbonyl (C=O) groups excluding carboxylic acids is 2. The van der Waals surface area contributed by atoms with Gasteiger partial charge in [-0.2, -0.15) is 0 Å². The van der Waals surface area contributed by atoms with Crippen molar-refractivity contribution in [3.63, 3.8) is 0 Å². The van der Waals surface area contributed by atoms with Crippen LogP contribution in [0.3, 0.4) is 0 Å². The molecule has 28 heavy (non-hydrogen) atoms. The van der Waals surface area contributed by atoms with E-state index in [9.17, 15) is 22.8 Å². The Labute approximate surface area is 160 Å². The van der Waals surface area contributed by atoms with Crippen molar-refractivity contribution in [1.29, 1.82) is 0 Å². The van der Waals surface area contributed by atoms with Crippen LogP contribution in [0.1, 0.15) is 35.7 Å². The quantitative estimate of drug-likeness (QED) is 0.532. The van der Waals surface area contributed by atoms with Crippen molar-refractivity contribution in [2.45, 2.75) is 38.3 Å². The standard InChI is InChI=1S/C21H20F3NO3/c1-2-28-21(27)18(10-13-6-4-3-5-7-13)25(15-8-9-15)20(26)14-11-16(22)19(24)17(23)12-14/h3-7,11-12,15,18H,2,8-10H2,1H3. The molecule has 0 N–H and O–H groups in total. The summed E-state index contributed by atoms with van der Waals surface area (Å²) in [6.45, 7) is 1.79. The van der Waals surface area contributed by atoms with Gasteiger partial charge >= 0.3 is 5.97 Å². The summed E-state index contributed by atoms with van der Waals surface area (Å²) in [5.41, 5.74) is 0.473. The smallest absolute Gasteiger partial charge is 0.329 e. The van der Waals surface area contributed by atoms with Crippen LogP contribution >= 0.6 is 0 Å². The fourth-order valence-electron chi connectivity index (χ4n) is 3.11. The van der Waals surface area contributed by atoms with Crippen molar-refractivity contribution in [2.75, 3.05) is 6.61 Å². The van der Waals surface area contributed by atoms with Gasteiger partial charge in [0, 0.05) is 18.0 Å². The molecule has 1 fully saturated rings. The molecule has 0 heterocycles. The molecule has 3 rings (SSSR count). The van der Waals surface area contributed by atoms with E-state index in [1.807, 2.05) is 30.3 Å². The lowest BCUT2D eigenvalue weighted by atomic mass is 10.0. The molecule has 7 heteroatoms. The molecule has 0 spiro atoms. The van der Waals surface area contributed by atoms with Crippen LogP contribution in [0, 0.1) is 17.5 Å². The lowest BCUT2D eigenvalue weighted by molar-refractivity contribution is -0.148. The summed E-state index contributed by atoms with van der Waals surface area (Å²) in [5.74, 6) is -5.85. The summed E-state index contributed by atoms with van der Waals surface area (Å²) in [4.78, 5) is 27.0. The first-order chi connectivity index (χ1) is 13.4. The number of benzene rings is 2. The number of carbonyl (C=O) groups is 2. The normalized spacial score (nSPS) is 14.4. The highest BCUT2D eigenvalue weighted by atomic mass is 19.2. The van der Waals surface area contributed by atoms with E-state index in [0.717, 1.165) is 5.56 Å². The minimum absolute atomic E-state index is 0.136. The van der Waals surface area contributed by atoms with E-state index in [1.165, 1.54) is 4.90 Å². The Morgan fingerprint density at radius 1 is 1.11 bits per heavy atom. The van der Waals surface area contributed by atoms with E-state index in [1.54, 1.807) is 6.92 Å². The Kier molecular flexibility index (Phi) is 6.02. The predicted molar refractivity (Wildman–Crippen MR) is 96.1 cm³/mol. The molecule has 0 bridgehead atoms. The summed E-state index contributed by atoms with van der Waals surface area (Å²) in [7, 11) is 0. The molecule has 0 radical (unpaired) electrons. The summed E-state index contributed by atoms with van der Waals surface area (Å²) in [6, 6.07) is 9.22. The maximum Gasteiger partial charge on any atom is 0.329 e. The molecule has 2 aromatic rings. The minimum Gasteiger partial charge on any atom is -0.464 e. The van der Waals surface area contributed by atoms with Crippen molar-refractivity contribution in [3.05, 3.63) is 71.0 Å². The monoisotopic (exact) mass is 391 g/mol. The Balaban J connectivity index is 1.96. The average Bonchev–Trinajstić information content (AvgIpc) is 3.51. The topological polar surface area (TPSA) is 46.6 Å². The second-order valence-corrected chi connectivity index (χ2v) is 6.66. The fraction of sp³-hybridized carbons (Fsp3) is 0.333. The number of rotatable bonds is 7. The van der Waals surface area contributed by atoms with Crippen LogP contribution in [0.25, 0.3) is 0 Å². The molecule has 0 saturated heterocycles. The van der Waals surface area contributed by atoms with Crippen molar-refractivity contribution in [3.8, 4) is 0 Å². The molecule has 1 saturated carbocycles. The summed E-state index contributed by atoms with van der Waals surface area (Å²) in [5, 5.41) is 0. The summed E-state index contributed by atoms with van der Waals surface area (Å²) in [6.07, 6.45) is 1.54. The first-order valence-electron chi connectivity index (χ1n) is 9.10. The number of nitrogens with zero attached hydrogens (tertiary/aromatic N) is 1. The van der Waals surface area contributed by atoms with Crippen LogP contribution in [-0.4, -0.2) is 35.5 Å². The molecule has 148 valence electrons. The third kappa shape index (κ3) is 4.35. The van der Waals surface area contributed by atoms with Gasteiger partial charge in [0.15, 0.2) is 17.5 Å². The molecule has 1 unspecified atom stereocenters. The molecule has 1 aliphatic rings. The second-order valence-electron chi connectivity index (χ2n) is 6.66. The number of amides is 1. The zero-order chi connectivity index (χ0) is 20.3. The molecule has 2 aromatic carbocycles. The molecule has 1 amide bonds. The van der Waals surface area contributed by atoms with Gasteiger partial charge in [0.25, 0.3) is 5.91 Å². The molecule has 0 aromatic heterocycles. The van der Waals surface area contributed by atoms with E-state index in [-0.39, 0.29) is 24.6 Å². The summed E-state index contributed by atoms with van der Waals surface area (Å²) >= 11 is 0.